The summed E-state index contributed by atoms with van der Waals surface area (Å²) in [4.78, 5) is 10.7. The van der Waals surface area contributed by atoms with Crippen LogP contribution in [0.4, 0.5) is 0 Å². The SMILES string of the molecule is CCc1nnc(SCC(=O)O)n1C(C)C1CCC1. The van der Waals surface area contributed by atoms with Gasteiger partial charge in [-0.15, -0.1) is 10.2 Å². The van der Waals surface area contributed by atoms with Gasteiger partial charge in [0, 0.05) is 12.5 Å². The van der Waals surface area contributed by atoms with Crippen LogP contribution in [0.2, 0.25) is 0 Å². The number of carbonyl (C=O) groups is 1. The van der Waals surface area contributed by atoms with E-state index in [-0.39, 0.29) is 5.75 Å². The first-order chi connectivity index (χ1) is 8.63. The number of thioether (sulfide) groups is 1. The molecule has 1 aliphatic rings. The Morgan fingerprint density at radius 3 is 2.78 bits per heavy atom. The lowest BCUT2D eigenvalue weighted by atomic mass is 9.80. The molecule has 1 aromatic heterocycles. The molecule has 1 aliphatic carbocycles. The van der Waals surface area contributed by atoms with Crippen LogP contribution in [-0.4, -0.2) is 31.6 Å². The molecule has 1 heterocycles. The van der Waals surface area contributed by atoms with Crippen LogP contribution in [0.1, 0.15) is 45.0 Å². The number of carboxylic acids is 1. The quantitative estimate of drug-likeness (QED) is 0.803. The summed E-state index contributed by atoms with van der Waals surface area (Å²) >= 11 is 1.26. The highest BCUT2D eigenvalue weighted by atomic mass is 32.2. The third-order valence-electron chi connectivity index (χ3n) is 3.62. The van der Waals surface area contributed by atoms with E-state index >= 15 is 0 Å². The average molecular weight is 269 g/mol. The fraction of sp³-hybridized carbons (Fsp3) is 0.750. The van der Waals surface area contributed by atoms with E-state index in [2.05, 4.69) is 28.6 Å². The van der Waals surface area contributed by atoms with Gasteiger partial charge in [-0.25, -0.2) is 0 Å². The van der Waals surface area contributed by atoms with E-state index in [9.17, 15) is 4.79 Å². The van der Waals surface area contributed by atoms with E-state index < -0.39 is 5.97 Å². The van der Waals surface area contributed by atoms with Gasteiger partial charge in [-0.1, -0.05) is 25.1 Å². The minimum absolute atomic E-state index is 0.0409. The molecule has 1 atom stereocenters. The monoisotopic (exact) mass is 269 g/mol. The maximum absolute atomic E-state index is 10.7. The van der Waals surface area contributed by atoms with E-state index in [1.165, 1.54) is 31.0 Å². The zero-order chi connectivity index (χ0) is 13.1. The van der Waals surface area contributed by atoms with E-state index in [0.717, 1.165) is 17.4 Å². The summed E-state index contributed by atoms with van der Waals surface area (Å²) in [7, 11) is 0. The van der Waals surface area contributed by atoms with Gasteiger partial charge in [0.1, 0.15) is 5.82 Å². The van der Waals surface area contributed by atoms with E-state index in [0.29, 0.717) is 12.0 Å². The Balaban J connectivity index is 2.18. The molecule has 1 fully saturated rings. The zero-order valence-corrected chi connectivity index (χ0v) is 11.6. The topological polar surface area (TPSA) is 68.0 Å². The number of hydrogen-bond acceptors (Lipinski definition) is 4. The molecular weight excluding hydrogens is 250 g/mol. The molecule has 1 unspecified atom stereocenters. The van der Waals surface area contributed by atoms with Gasteiger partial charge in [-0.05, 0) is 25.7 Å². The molecule has 100 valence electrons. The molecule has 0 bridgehead atoms. The third kappa shape index (κ3) is 2.68. The molecule has 0 spiro atoms. The lowest BCUT2D eigenvalue weighted by Crippen LogP contribution is -2.24. The van der Waals surface area contributed by atoms with Gasteiger partial charge in [0.15, 0.2) is 5.16 Å². The normalized spacial score (nSPS) is 17.4. The van der Waals surface area contributed by atoms with E-state index in [1.54, 1.807) is 0 Å². The van der Waals surface area contributed by atoms with Crippen LogP contribution >= 0.6 is 11.8 Å². The average Bonchev–Trinajstić information content (AvgIpc) is 2.66. The summed E-state index contributed by atoms with van der Waals surface area (Å²) < 4.78 is 2.14. The third-order valence-corrected chi connectivity index (χ3v) is 4.54. The molecule has 0 aliphatic heterocycles. The van der Waals surface area contributed by atoms with Crippen molar-refractivity contribution >= 4 is 17.7 Å². The first-order valence-electron chi connectivity index (χ1n) is 6.41. The molecule has 6 heteroatoms. The van der Waals surface area contributed by atoms with Crippen molar-refractivity contribution in [2.75, 3.05) is 5.75 Å². The van der Waals surface area contributed by atoms with Gasteiger partial charge in [-0.2, -0.15) is 0 Å². The van der Waals surface area contributed by atoms with Gasteiger partial charge in [0.25, 0.3) is 0 Å². The summed E-state index contributed by atoms with van der Waals surface area (Å²) in [6.07, 6.45) is 4.64. The fourth-order valence-corrected chi connectivity index (χ4v) is 3.08. The number of aromatic nitrogens is 3. The number of carboxylic acid groups (broad SMARTS) is 1. The fourth-order valence-electron chi connectivity index (χ4n) is 2.32. The van der Waals surface area contributed by atoms with Crippen molar-refractivity contribution in [3.8, 4) is 0 Å². The Kier molecular flexibility index (Phi) is 4.27. The standard InChI is InChI=1S/C12H19N3O2S/c1-3-10-13-14-12(18-7-11(16)17)15(10)8(2)9-5-4-6-9/h8-9H,3-7H2,1-2H3,(H,16,17). The summed E-state index contributed by atoms with van der Waals surface area (Å²) in [6.45, 7) is 4.25. The smallest absolute Gasteiger partial charge is 0.313 e. The van der Waals surface area contributed by atoms with E-state index in [1.807, 2.05) is 0 Å². The summed E-state index contributed by atoms with van der Waals surface area (Å²) in [5, 5.41) is 17.8. The number of nitrogens with zero attached hydrogens (tertiary/aromatic N) is 3. The van der Waals surface area contributed by atoms with Gasteiger partial charge in [-0.3, -0.25) is 4.79 Å². The van der Waals surface area contributed by atoms with Gasteiger partial charge in [0.05, 0.1) is 5.75 Å². The molecule has 1 aromatic rings. The Morgan fingerprint density at radius 1 is 1.56 bits per heavy atom. The largest absolute Gasteiger partial charge is 0.481 e. The molecule has 2 rings (SSSR count). The molecule has 5 nitrogen and oxygen atoms in total. The van der Waals surface area contributed by atoms with Gasteiger partial charge in [0.2, 0.25) is 0 Å². The summed E-state index contributed by atoms with van der Waals surface area (Å²) in [6, 6.07) is 0.375. The van der Waals surface area contributed by atoms with Crippen molar-refractivity contribution in [2.24, 2.45) is 5.92 Å². The molecular formula is C12H19N3O2S. The molecule has 1 N–H and O–H groups in total. The molecule has 0 radical (unpaired) electrons. The zero-order valence-electron chi connectivity index (χ0n) is 10.8. The number of rotatable bonds is 6. The lowest BCUT2D eigenvalue weighted by Gasteiger charge is -2.33. The molecule has 0 amide bonds. The second-order valence-corrected chi connectivity index (χ2v) is 5.68. The summed E-state index contributed by atoms with van der Waals surface area (Å²) in [5.41, 5.74) is 0. The van der Waals surface area contributed by atoms with Crippen molar-refractivity contribution in [2.45, 2.75) is 50.7 Å². The van der Waals surface area contributed by atoms with Crippen LogP contribution in [0.3, 0.4) is 0 Å². The van der Waals surface area contributed by atoms with Crippen molar-refractivity contribution in [1.82, 2.24) is 14.8 Å². The summed E-state index contributed by atoms with van der Waals surface area (Å²) in [5.74, 6) is 0.876. The predicted molar refractivity (Wildman–Crippen MR) is 69.8 cm³/mol. The molecule has 18 heavy (non-hydrogen) atoms. The van der Waals surface area contributed by atoms with Crippen LogP contribution < -0.4 is 0 Å². The van der Waals surface area contributed by atoms with Crippen LogP contribution in [0.25, 0.3) is 0 Å². The van der Waals surface area contributed by atoms with E-state index in [4.69, 9.17) is 5.11 Å². The number of hydrogen-bond donors (Lipinski definition) is 1. The minimum atomic E-state index is -0.816. The molecule has 0 aromatic carbocycles. The highest BCUT2D eigenvalue weighted by Crippen LogP contribution is 2.38. The van der Waals surface area contributed by atoms with Crippen LogP contribution in [0, 0.1) is 5.92 Å². The van der Waals surface area contributed by atoms with Gasteiger partial charge >= 0.3 is 5.97 Å². The number of aliphatic carboxylic acids is 1. The van der Waals surface area contributed by atoms with Crippen LogP contribution in [-0.2, 0) is 11.2 Å². The molecule has 0 saturated heterocycles. The highest BCUT2D eigenvalue weighted by Gasteiger charge is 2.28. The van der Waals surface area contributed by atoms with Crippen molar-refractivity contribution < 1.29 is 9.90 Å². The van der Waals surface area contributed by atoms with Crippen LogP contribution in [0.15, 0.2) is 5.16 Å². The second kappa shape index (κ2) is 5.73. The Bertz CT molecular complexity index is 429. The van der Waals surface area contributed by atoms with Crippen molar-refractivity contribution in [3.63, 3.8) is 0 Å². The maximum atomic E-state index is 10.7. The van der Waals surface area contributed by atoms with Crippen LogP contribution in [0.5, 0.6) is 0 Å². The first kappa shape index (κ1) is 13.4. The van der Waals surface area contributed by atoms with Crippen molar-refractivity contribution in [1.29, 1.82) is 0 Å². The van der Waals surface area contributed by atoms with Gasteiger partial charge < -0.3 is 9.67 Å². The molecule has 1 saturated carbocycles. The highest BCUT2D eigenvalue weighted by molar-refractivity contribution is 7.99. The number of aryl methyl sites for hydroxylation is 1. The predicted octanol–water partition coefficient (Wildman–Crippen LogP) is 2.38. The Morgan fingerprint density at radius 2 is 2.28 bits per heavy atom. The Labute approximate surface area is 111 Å². The Hall–Kier alpha value is -1.04. The first-order valence-corrected chi connectivity index (χ1v) is 7.40. The van der Waals surface area contributed by atoms with Crippen molar-refractivity contribution in [3.05, 3.63) is 5.82 Å². The second-order valence-electron chi connectivity index (χ2n) is 4.74. The minimum Gasteiger partial charge on any atom is -0.481 e. The lowest BCUT2D eigenvalue weighted by molar-refractivity contribution is -0.133. The maximum Gasteiger partial charge on any atom is 0.313 e.